The number of carbonyl (C=O) groups is 1. The molecule has 0 spiro atoms. The molecule has 2 rings (SSSR count). The number of benzene rings is 1. The second-order valence-corrected chi connectivity index (χ2v) is 8.34. The maximum atomic E-state index is 12.6. The molecule has 1 aromatic rings. The lowest BCUT2D eigenvalue weighted by atomic mass is 9.85. The zero-order chi connectivity index (χ0) is 18.8. The van der Waals surface area contributed by atoms with E-state index in [9.17, 15) is 4.79 Å². The number of nitrogens with one attached hydrogen (secondary N) is 2. The molecule has 1 aliphatic heterocycles. The molecule has 1 aliphatic rings. The summed E-state index contributed by atoms with van der Waals surface area (Å²) in [5, 5.41) is 6.75. The third-order valence-electron chi connectivity index (χ3n) is 4.15. The normalized spacial score (nSPS) is 18.0. The van der Waals surface area contributed by atoms with E-state index in [4.69, 9.17) is 17.0 Å². The van der Waals surface area contributed by atoms with Crippen LogP contribution in [-0.4, -0.2) is 17.7 Å². The summed E-state index contributed by atoms with van der Waals surface area (Å²) in [5.74, 6) is -0.0152. The van der Waals surface area contributed by atoms with Gasteiger partial charge < -0.3 is 15.4 Å². The largest absolute Gasteiger partial charge is 0.462 e. The number of hydrogen-bond donors (Lipinski definition) is 2. The van der Waals surface area contributed by atoms with Gasteiger partial charge in [0.2, 0.25) is 0 Å². The van der Waals surface area contributed by atoms with Crippen LogP contribution < -0.4 is 10.6 Å². The Kier molecular flexibility index (Phi) is 5.88. The van der Waals surface area contributed by atoms with E-state index >= 15 is 0 Å². The number of ether oxygens (including phenoxy) is 1. The van der Waals surface area contributed by atoms with Crippen molar-refractivity contribution in [3.05, 3.63) is 46.7 Å². The molecular formula is C20H28N2O2S. The summed E-state index contributed by atoms with van der Waals surface area (Å²) in [6.45, 7) is 12.8. The van der Waals surface area contributed by atoms with Crippen LogP contribution in [0.2, 0.25) is 0 Å². The number of rotatable bonds is 4. The van der Waals surface area contributed by atoms with Crippen molar-refractivity contribution >= 4 is 23.3 Å². The molecule has 0 aliphatic carbocycles. The van der Waals surface area contributed by atoms with Crippen LogP contribution in [0.1, 0.15) is 58.7 Å². The van der Waals surface area contributed by atoms with Gasteiger partial charge in [-0.05, 0) is 41.6 Å². The van der Waals surface area contributed by atoms with E-state index in [1.54, 1.807) is 0 Å². The molecule has 0 radical (unpaired) electrons. The maximum absolute atomic E-state index is 12.6. The predicted molar refractivity (Wildman–Crippen MR) is 105 cm³/mol. The van der Waals surface area contributed by atoms with Crippen molar-refractivity contribution in [1.29, 1.82) is 0 Å². The van der Waals surface area contributed by atoms with Gasteiger partial charge in [0, 0.05) is 5.70 Å². The van der Waals surface area contributed by atoms with Crippen LogP contribution in [-0.2, 0) is 14.9 Å². The first-order chi connectivity index (χ1) is 11.6. The van der Waals surface area contributed by atoms with Crippen molar-refractivity contribution in [3.63, 3.8) is 0 Å². The van der Waals surface area contributed by atoms with E-state index in [1.165, 1.54) is 5.56 Å². The number of hydrogen-bond acceptors (Lipinski definition) is 3. The van der Waals surface area contributed by atoms with Crippen molar-refractivity contribution in [2.75, 3.05) is 6.61 Å². The standard InChI is InChI=1S/C20H28N2O2S/c1-12(2)11-24-18(23)16-13(3)21-19(25)22-17(16)14-7-9-15(10-8-14)20(4,5)6/h7-10,12,17H,11H2,1-6H3,(H2,21,22,25)/t17-/m0/s1. The SMILES string of the molecule is CC1=C(C(=O)OCC(C)C)[C@H](c2ccc(C(C)(C)C)cc2)NC(=S)N1. The first kappa shape index (κ1) is 19.4. The van der Waals surface area contributed by atoms with Gasteiger partial charge in [-0.15, -0.1) is 0 Å². The molecular weight excluding hydrogens is 332 g/mol. The topological polar surface area (TPSA) is 50.4 Å². The Hall–Kier alpha value is -1.88. The third kappa shape index (κ3) is 4.82. The lowest BCUT2D eigenvalue weighted by Crippen LogP contribution is -2.45. The van der Waals surface area contributed by atoms with E-state index in [2.05, 4.69) is 55.7 Å². The predicted octanol–water partition coefficient (Wildman–Crippen LogP) is 3.98. The second kappa shape index (κ2) is 7.56. The number of allylic oxidation sites excluding steroid dienone is 1. The van der Waals surface area contributed by atoms with Crippen molar-refractivity contribution < 1.29 is 9.53 Å². The minimum atomic E-state index is -0.307. The van der Waals surface area contributed by atoms with Gasteiger partial charge in [0.15, 0.2) is 5.11 Å². The third-order valence-corrected chi connectivity index (χ3v) is 4.37. The van der Waals surface area contributed by atoms with E-state index in [1.807, 2.05) is 20.8 Å². The molecule has 0 saturated heterocycles. The summed E-state index contributed by atoms with van der Waals surface area (Å²) in [7, 11) is 0. The monoisotopic (exact) mass is 360 g/mol. The smallest absolute Gasteiger partial charge is 0.338 e. The molecule has 0 amide bonds. The molecule has 0 unspecified atom stereocenters. The fourth-order valence-corrected chi connectivity index (χ4v) is 2.98. The lowest BCUT2D eigenvalue weighted by molar-refractivity contribution is -0.140. The van der Waals surface area contributed by atoms with Gasteiger partial charge in [-0.25, -0.2) is 4.79 Å². The summed E-state index contributed by atoms with van der Waals surface area (Å²) in [4.78, 5) is 12.6. The fraction of sp³-hybridized carbons (Fsp3) is 0.500. The van der Waals surface area contributed by atoms with Crippen LogP contribution in [0.3, 0.4) is 0 Å². The molecule has 0 fully saturated rings. The molecule has 5 heteroatoms. The molecule has 1 atom stereocenters. The van der Waals surface area contributed by atoms with Gasteiger partial charge >= 0.3 is 5.97 Å². The van der Waals surface area contributed by atoms with Crippen molar-refractivity contribution in [1.82, 2.24) is 10.6 Å². The molecule has 4 nitrogen and oxygen atoms in total. The lowest BCUT2D eigenvalue weighted by Gasteiger charge is -2.30. The number of esters is 1. The van der Waals surface area contributed by atoms with Gasteiger partial charge in [0.1, 0.15) is 0 Å². The Morgan fingerprint density at radius 3 is 2.36 bits per heavy atom. The van der Waals surface area contributed by atoms with Crippen LogP contribution >= 0.6 is 12.2 Å². The quantitative estimate of drug-likeness (QED) is 0.628. The van der Waals surface area contributed by atoms with Gasteiger partial charge in [-0.3, -0.25) is 0 Å². The number of thiocarbonyl (C=S) groups is 1. The molecule has 1 heterocycles. The highest BCUT2D eigenvalue weighted by Crippen LogP contribution is 2.30. The minimum absolute atomic E-state index is 0.0835. The van der Waals surface area contributed by atoms with Crippen molar-refractivity contribution in [3.8, 4) is 0 Å². The molecule has 1 aromatic carbocycles. The highest BCUT2D eigenvalue weighted by Gasteiger charge is 2.31. The first-order valence-corrected chi connectivity index (χ1v) is 9.06. The van der Waals surface area contributed by atoms with Crippen molar-refractivity contribution in [2.45, 2.75) is 53.0 Å². The van der Waals surface area contributed by atoms with E-state index in [0.29, 0.717) is 23.2 Å². The summed E-state index contributed by atoms with van der Waals surface area (Å²) in [6, 6.07) is 8.01. The molecule has 0 aromatic heterocycles. The van der Waals surface area contributed by atoms with Crippen LogP contribution in [0.25, 0.3) is 0 Å². The molecule has 2 N–H and O–H groups in total. The summed E-state index contributed by atoms with van der Waals surface area (Å²) >= 11 is 5.28. The average Bonchev–Trinajstić information content (AvgIpc) is 2.51. The molecule has 0 bridgehead atoms. The summed E-state index contributed by atoms with van der Waals surface area (Å²) in [6.07, 6.45) is 0. The zero-order valence-electron chi connectivity index (χ0n) is 15.9. The molecule has 0 saturated carbocycles. The van der Waals surface area contributed by atoms with Crippen LogP contribution in [0.4, 0.5) is 0 Å². The van der Waals surface area contributed by atoms with Gasteiger partial charge in [-0.1, -0.05) is 58.9 Å². The Bertz CT molecular complexity index is 685. The summed E-state index contributed by atoms with van der Waals surface area (Å²) in [5.41, 5.74) is 3.64. The Balaban J connectivity index is 2.34. The Morgan fingerprint density at radius 2 is 1.84 bits per heavy atom. The van der Waals surface area contributed by atoms with E-state index < -0.39 is 0 Å². The minimum Gasteiger partial charge on any atom is -0.462 e. The van der Waals surface area contributed by atoms with Crippen LogP contribution in [0, 0.1) is 5.92 Å². The highest BCUT2D eigenvalue weighted by molar-refractivity contribution is 7.80. The molecule has 136 valence electrons. The Morgan fingerprint density at radius 1 is 1.24 bits per heavy atom. The van der Waals surface area contributed by atoms with Gasteiger partial charge in [0.25, 0.3) is 0 Å². The fourth-order valence-electron chi connectivity index (χ4n) is 2.71. The van der Waals surface area contributed by atoms with Crippen LogP contribution in [0.5, 0.6) is 0 Å². The Labute approximate surface area is 156 Å². The first-order valence-electron chi connectivity index (χ1n) is 8.65. The highest BCUT2D eigenvalue weighted by atomic mass is 32.1. The zero-order valence-corrected chi connectivity index (χ0v) is 16.7. The van der Waals surface area contributed by atoms with E-state index in [0.717, 1.165) is 11.3 Å². The van der Waals surface area contributed by atoms with Gasteiger partial charge in [-0.2, -0.15) is 0 Å². The second-order valence-electron chi connectivity index (χ2n) is 7.93. The average molecular weight is 361 g/mol. The van der Waals surface area contributed by atoms with Crippen LogP contribution in [0.15, 0.2) is 35.5 Å². The summed E-state index contributed by atoms with van der Waals surface area (Å²) < 4.78 is 5.46. The number of carbonyl (C=O) groups excluding carboxylic acids is 1. The van der Waals surface area contributed by atoms with Gasteiger partial charge in [0.05, 0.1) is 18.2 Å². The van der Waals surface area contributed by atoms with E-state index in [-0.39, 0.29) is 17.4 Å². The van der Waals surface area contributed by atoms with Crippen molar-refractivity contribution in [2.24, 2.45) is 5.92 Å². The molecule has 25 heavy (non-hydrogen) atoms. The maximum Gasteiger partial charge on any atom is 0.338 e.